The fourth-order valence-electron chi connectivity index (χ4n) is 4.80. The lowest BCUT2D eigenvalue weighted by atomic mass is 9.86. The first-order chi connectivity index (χ1) is 20.8. The highest BCUT2D eigenvalue weighted by Crippen LogP contribution is 2.32. The van der Waals surface area contributed by atoms with Crippen LogP contribution in [0.2, 0.25) is 0 Å². The second-order valence-corrected chi connectivity index (χ2v) is 12.3. The summed E-state index contributed by atoms with van der Waals surface area (Å²) >= 11 is 0. The van der Waals surface area contributed by atoms with Crippen LogP contribution in [0.4, 0.5) is 4.39 Å². The van der Waals surface area contributed by atoms with Gasteiger partial charge in [-0.15, -0.1) is 0 Å². The summed E-state index contributed by atoms with van der Waals surface area (Å²) in [5.74, 6) is -0.407. The van der Waals surface area contributed by atoms with E-state index in [1.165, 1.54) is 22.8 Å². The molecule has 3 aromatic carbocycles. The predicted octanol–water partition coefficient (Wildman–Crippen LogP) is 6.12. The largest absolute Gasteiger partial charge is 0.333 e. The van der Waals surface area contributed by atoms with Crippen molar-refractivity contribution >= 4 is 32.1 Å². The van der Waals surface area contributed by atoms with Gasteiger partial charge in [-0.05, 0) is 62.7 Å². The van der Waals surface area contributed by atoms with Crippen LogP contribution in [0.1, 0.15) is 25.0 Å². The molecule has 44 heavy (non-hydrogen) atoms. The summed E-state index contributed by atoms with van der Waals surface area (Å²) in [5.41, 5.74) is 4.35. The number of halogens is 1. The minimum absolute atomic E-state index is 0.0666. The predicted molar refractivity (Wildman–Crippen MR) is 167 cm³/mol. The van der Waals surface area contributed by atoms with Gasteiger partial charge in [-0.3, -0.25) is 23.7 Å². The second-order valence-electron chi connectivity index (χ2n) is 10.8. The van der Waals surface area contributed by atoms with Gasteiger partial charge in [-0.2, -0.15) is 13.7 Å². The number of imidazole rings is 1. The van der Waals surface area contributed by atoms with Crippen LogP contribution in [-0.4, -0.2) is 32.1 Å². The van der Waals surface area contributed by atoms with Crippen LogP contribution < -0.4 is 5.69 Å². The Morgan fingerprint density at radius 2 is 1.68 bits per heavy atom. The summed E-state index contributed by atoms with van der Waals surface area (Å²) in [7, 11) is -2.33. The molecule has 0 saturated heterocycles. The molecule has 9 nitrogen and oxygen atoms in total. The summed E-state index contributed by atoms with van der Waals surface area (Å²) in [4.78, 5) is 21.7. The number of fused-ring (bicyclic) bond motifs is 3. The third-order valence-corrected chi connectivity index (χ3v) is 8.26. The summed E-state index contributed by atoms with van der Waals surface area (Å²) in [6.45, 7) is 5.54. The Morgan fingerprint density at radius 1 is 1.00 bits per heavy atom. The Kier molecular flexibility index (Phi) is 7.90. The number of nitriles is 1. The van der Waals surface area contributed by atoms with E-state index in [1.54, 1.807) is 60.5 Å². The third-order valence-electron chi connectivity index (χ3n) is 7.39. The number of pyridine rings is 2. The number of hydrogen-bond acceptors (Lipinski definition) is 6. The Morgan fingerprint density at radius 3 is 2.27 bits per heavy atom. The summed E-state index contributed by atoms with van der Waals surface area (Å²) < 4.78 is 47.6. The Balaban J connectivity index is 0.000000296. The fraction of sp³-hybridized carbons (Fsp3) is 0.152. The molecule has 222 valence electrons. The molecule has 0 radical (unpaired) electrons. The van der Waals surface area contributed by atoms with Crippen LogP contribution in [0.5, 0.6) is 0 Å². The number of nitrogens with zero attached hydrogens (tertiary/aromatic N) is 5. The minimum atomic E-state index is -4.02. The average molecular weight is 610 g/mol. The van der Waals surface area contributed by atoms with E-state index < -0.39 is 21.4 Å². The van der Waals surface area contributed by atoms with Crippen molar-refractivity contribution in [1.29, 1.82) is 5.26 Å². The van der Waals surface area contributed by atoms with Crippen molar-refractivity contribution in [2.75, 3.05) is 0 Å². The molecule has 0 spiro atoms. The molecule has 0 saturated carbocycles. The molecule has 6 aromatic rings. The molecule has 3 aromatic heterocycles. The van der Waals surface area contributed by atoms with Crippen LogP contribution in [0.25, 0.3) is 38.8 Å². The molecule has 0 aliphatic rings. The zero-order valence-electron chi connectivity index (χ0n) is 24.4. The lowest BCUT2D eigenvalue weighted by Crippen LogP contribution is -2.21. The van der Waals surface area contributed by atoms with E-state index in [9.17, 15) is 22.9 Å². The van der Waals surface area contributed by atoms with E-state index in [2.05, 4.69) is 16.0 Å². The van der Waals surface area contributed by atoms with Crippen LogP contribution in [0, 0.1) is 24.1 Å². The van der Waals surface area contributed by atoms with E-state index in [1.807, 2.05) is 45.0 Å². The third kappa shape index (κ3) is 5.73. The highest BCUT2D eigenvalue weighted by Gasteiger charge is 2.21. The van der Waals surface area contributed by atoms with E-state index in [-0.39, 0.29) is 10.6 Å². The monoisotopic (exact) mass is 609 g/mol. The number of aryl methyl sites for hydroxylation is 2. The number of rotatable bonds is 4. The molecule has 0 fully saturated rings. The number of hydrogen-bond donors (Lipinski definition) is 1. The van der Waals surface area contributed by atoms with Crippen molar-refractivity contribution in [2.24, 2.45) is 7.05 Å². The first-order valence-electron chi connectivity index (χ1n) is 13.5. The zero-order chi connectivity index (χ0) is 31.8. The lowest BCUT2D eigenvalue weighted by molar-refractivity contribution is 0.483. The maximum atomic E-state index is 14.9. The molecule has 11 heteroatoms. The van der Waals surface area contributed by atoms with Gasteiger partial charge in [0.15, 0.2) is 0 Å². The van der Waals surface area contributed by atoms with Crippen molar-refractivity contribution in [3.8, 4) is 22.9 Å². The Labute approximate surface area is 253 Å². The molecule has 0 aliphatic heterocycles. The van der Waals surface area contributed by atoms with Crippen molar-refractivity contribution in [3.05, 3.63) is 119 Å². The van der Waals surface area contributed by atoms with Crippen LogP contribution in [-0.2, 0) is 22.6 Å². The average Bonchev–Trinajstić information content (AvgIpc) is 3.27. The molecule has 0 bridgehead atoms. The first kappa shape index (κ1) is 30.3. The standard InChI is InChI=1S/C26H20FN5O.C7H8O3S/c1-26(2,15-28)17-6-8-18(9-7-17)32-24-20-11-19(16-5-4-10-29-13-16)21(27)12-22(20)30-14-23(24)31(3)25(32)33;1-6-2-4-7(5-3-6)11(8,9)10/h4-14H,1-3H3;2-5H,1H3,(H,8,9,10). The van der Waals surface area contributed by atoms with Gasteiger partial charge in [0, 0.05) is 42.0 Å². The quantitative estimate of drug-likeness (QED) is 0.238. The molecule has 0 amide bonds. The molecule has 3 heterocycles. The zero-order valence-corrected chi connectivity index (χ0v) is 25.2. The smallest absolute Gasteiger partial charge is 0.293 e. The fourth-order valence-corrected chi connectivity index (χ4v) is 5.28. The Hall–Kier alpha value is -5.18. The molecule has 0 unspecified atom stereocenters. The normalized spacial score (nSPS) is 11.7. The number of aromatic nitrogens is 4. The Bertz CT molecular complexity index is 2220. The summed E-state index contributed by atoms with van der Waals surface area (Å²) in [6, 6.07) is 22.3. The van der Waals surface area contributed by atoms with Gasteiger partial charge in [-0.25, -0.2) is 9.18 Å². The summed E-state index contributed by atoms with van der Waals surface area (Å²) in [6.07, 6.45) is 4.83. The molecule has 0 atom stereocenters. The highest BCUT2D eigenvalue weighted by atomic mass is 32.2. The van der Waals surface area contributed by atoms with Gasteiger partial charge >= 0.3 is 5.69 Å². The van der Waals surface area contributed by atoms with E-state index in [4.69, 9.17) is 4.55 Å². The molecule has 1 N–H and O–H groups in total. The SMILES string of the molecule is Cc1ccc(S(=O)(=O)O)cc1.Cn1c(=O)n(-c2ccc(C(C)(C)C#N)cc2)c2c3cc(-c4cccnc4)c(F)cc3ncc21. The van der Waals surface area contributed by atoms with E-state index >= 15 is 0 Å². The van der Waals surface area contributed by atoms with Crippen molar-refractivity contribution in [3.63, 3.8) is 0 Å². The highest BCUT2D eigenvalue weighted by molar-refractivity contribution is 7.85. The van der Waals surface area contributed by atoms with Gasteiger partial charge in [0.05, 0.1) is 44.8 Å². The van der Waals surface area contributed by atoms with E-state index in [0.29, 0.717) is 38.8 Å². The topological polar surface area (TPSA) is 131 Å². The van der Waals surface area contributed by atoms with Gasteiger partial charge < -0.3 is 0 Å². The molecular weight excluding hydrogens is 581 g/mol. The maximum absolute atomic E-state index is 14.9. The second kappa shape index (κ2) is 11.5. The van der Waals surface area contributed by atoms with Crippen molar-refractivity contribution in [1.82, 2.24) is 19.1 Å². The van der Waals surface area contributed by atoms with Gasteiger partial charge in [0.1, 0.15) is 5.82 Å². The number of benzene rings is 3. The summed E-state index contributed by atoms with van der Waals surface area (Å²) in [5, 5.41) is 10.1. The molecular formula is C33H28FN5O4S. The van der Waals surface area contributed by atoms with Crippen molar-refractivity contribution < 1.29 is 17.4 Å². The maximum Gasteiger partial charge on any atom is 0.333 e. The first-order valence-corrected chi connectivity index (χ1v) is 14.9. The van der Waals surface area contributed by atoms with Gasteiger partial charge in [0.25, 0.3) is 10.1 Å². The molecule has 0 aliphatic carbocycles. The van der Waals surface area contributed by atoms with Gasteiger partial charge in [0.2, 0.25) is 0 Å². The van der Waals surface area contributed by atoms with E-state index in [0.717, 1.165) is 11.1 Å². The van der Waals surface area contributed by atoms with Crippen LogP contribution in [0.3, 0.4) is 0 Å². The van der Waals surface area contributed by atoms with Crippen LogP contribution in [0.15, 0.2) is 101 Å². The van der Waals surface area contributed by atoms with Gasteiger partial charge in [-0.1, -0.05) is 35.9 Å². The lowest BCUT2D eigenvalue weighted by Gasteiger charge is -2.16. The van der Waals surface area contributed by atoms with Crippen molar-refractivity contribution in [2.45, 2.75) is 31.1 Å². The minimum Gasteiger partial charge on any atom is -0.293 e. The molecule has 6 rings (SSSR count). The van der Waals surface area contributed by atoms with Crippen LogP contribution >= 0.6 is 0 Å².